The van der Waals surface area contributed by atoms with Gasteiger partial charge in [0, 0.05) is 40.9 Å². The molecule has 2 aromatic rings. The summed E-state index contributed by atoms with van der Waals surface area (Å²) in [6, 6.07) is 12.7. The number of carbonyl (C=O) groups excluding carboxylic acids is 2. The van der Waals surface area contributed by atoms with Crippen LogP contribution in [0.5, 0.6) is 0 Å². The van der Waals surface area contributed by atoms with Crippen LogP contribution in [0.1, 0.15) is 15.9 Å². The highest BCUT2D eigenvalue weighted by Crippen LogP contribution is 2.36. The Morgan fingerprint density at radius 2 is 1.96 bits per heavy atom. The van der Waals surface area contributed by atoms with Crippen LogP contribution in [0.15, 0.2) is 53.4 Å². The number of hydrogen-bond acceptors (Lipinski definition) is 3. The van der Waals surface area contributed by atoms with Gasteiger partial charge in [0.1, 0.15) is 0 Å². The molecule has 2 aromatic carbocycles. The molecule has 0 saturated carbocycles. The molecule has 1 N–H and O–H groups in total. The second-order valence-electron chi connectivity index (χ2n) is 5.48. The molecule has 0 aromatic heterocycles. The number of nitrogens with one attached hydrogen (secondary N) is 1. The summed E-state index contributed by atoms with van der Waals surface area (Å²) in [4.78, 5) is 26.9. The molecule has 0 saturated heterocycles. The number of hydrogen-bond donors (Lipinski definition) is 1. The molecule has 0 bridgehead atoms. The van der Waals surface area contributed by atoms with E-state index in [9.17, 15) is 9.59 Å². The largest absolute Gasteiger partial charge is 0.355 e. The van der Waals surface area contributed by atoms with E-state index in [1.165, 1.54) is 0 Å². The van der Waals surface area contributed by atoms with Crippen molar-refractivity contribution in [1.29, 1.82) is 0 Å². The lowest BCUT2D eigenvalue weighted by Crippen LogP contribution is -2.34. The monoisotopic (exact) mass is 372 g/mol. The molecule has 0 spiro atoms. The van der Waals surface area contributed by atoms with Gasteiger partial charge < -0.3 is 10.2 Å². The quantitative estimate of drug-likeness (QED) is 0.832. The van der Waals surface area contributed by atoms with E-state index in [0.717, 1.165) is 21.9 Å². The van der Waals surface area contributed by atoms with Gasteiger partial charge in [0.05, 0.1) is 5.69 Å². The molecule has 4 nitrogen and oxygen atoms in total. The van der Waals surface area contributed by atoms with Crippen LogP contribution in [0.3, 0.4) is 0 Å². The first-order chi connectivity index (χ1) is 12.1. The Morgan fingerprint density at radius 3 is 2.68 bits per heavy atom. The maximum absolute atomic E-state index is 12.6. The Labute approximate surface area is 155 Å². The third-order valence-corrected chi connectivity index (χ3v) is 5.15. The van der Waals surface area contributed by atoms with Gasteiger partial charge in [-0.3, -0.25) is 9.59 Å². The summed E-state index contributed by atoms with van der Waals surface area (Å²) in [6.45, 7) is 0.650. The molecule has 0 unspecified atom stereocenters. The zero-order valence-electron chi connectivity index (χ0n) is 13.7. The van der Waals surface area contributed by atoms with Crippen molar-refractivity contribution in [2.24, 2.45) is 0 Å². The predicted octanol–water partition coefficient (Wildman–Crippen LogP) is 3.85. The molecular weight excluding hydrogens is 356 g/mol. The Bertz CT molecular complexity index is 834. The average Bonchev–Trinajstić information content (AvgIpc) is 2.65. The Kier molecular flexibility index (Phi) is 5.46. The van der Waals surface area contributed by atoms with Crippen molar-refractivity contribution < 1.29 is 9.59 Å². The predicted molar refractivity (Wildman–Crippen MR) is 103 cm³/mol. The van der Waals surface area contributed by atoms with Gasteiger partial charge in [0.25, 0.3) is 11.8 Å². The molecule has 0 radical (unpaired) electrons. The molecule has 2 amide bonds. The van der Waals surface area contributed by atoms with Crippen molar-refractivity contribution in [2.75, 3.05) is 24.2 Å². The SMILES string of the molecule is CNC(=O)c1ccc(C=CC(=O)N2CCSc3ccc(Cl)cc32)cc1. The van der Waals surface area contributed by atoms with E-state index in [1.54, 1.807) is 48.0 Å². The third-order valence-electron chi connectivity index (χ3n) is 3.87. The van der Waals surface area contributed by atoms with Crippen LogP contribution in [0.25, 0.3) is 6.08 Å². The van der Waals surface area contributed by atoms with Crippen LogP contribution >= 0.6 is 23.4 Å². The van der Waals surface area contributed by atoms with E-state index in [2.05, 4.69) is 5.32 Å². The topological polar surface area (TPSA) is 49.4 Å². The lowest BCUT2D eigenvalue weighted by atomic mass is 10.1. The standard InChI is InChI=1S/C19H17ClN2O2S/c1-21-19(24)14-5-2-13(3-6-14)4-9-18(23)22-10-11-25-17-8-7-15(20)12-16(17)22/h2-9,12H,10-11H2,1H3,(H,21,24). The zero-order valence-corrected chi connectivity index (χ0v) is 15.2. The first-order valence-electron chi connectivity index (χ1n) is 7.82. The number of halogens is 1. The average molecular weight is 373 g/mol. The molecule has 25 heavy (non-hydrogen) atoms. The highest BCUT2D eigenvalue weighted by Gasteiger charge is 2.21. The summed E-state index contributed by atoms with van der Waals surface area (Å²) in [6.07, 6.45) is 3.30. The molecule has 3 rings (SSSR count). The molecule has 1 heterocycles. The second-order valence-corrected chi connectivity index (χ2v) is 7.06. The van der Waals surface area contributed by atoms with E-state index in [-0.39, 0.29) is 11.8 Å². The number of fused-ring (bicyclic) bond motifs is 1. The lowest BCUT2D eigenvalue weighted by Gasteiger charge is -2.28. The van der Waals surface area contributed by atoms with Gasteiger partial charge in [-0.25, -0.2) is 0 Å². The van der Waals surface area contributed by atoms with Crippen molar-refractivity contribution in [3.05, 3.63) is 64.7 Å². The van der Waals surface area contributed by atoms with E-state index in [1.807, 2.05) is 30.3 Å². The van der Waals surface area contributed by atoms with Crippen LogP contribution < -0.4 is 10.2 Å². The van der Waals surface area contributed by atoms with Crippen molar-refractivity contribution in [3.63, 3.8) is 0 Å². The van der Waals surface area contributed by atoms with Crippen molar-refractivity contribution in [3.8, 4) is 0 Å². The Balaban J connectivity index is 1.76. The van der Waals surface area contributed by atoms with Gasteiger partial charge >= 0.3 is 0 Å². The van der Waals surface area contributed by atoms with Crippen LogP contribution in [0.4, 0.5) is 5.69 Å². The first-order valence-corrected chi connectivity index (χ1v) is 9.19. The zero-order chi connectivity index (χ0) is 17.8. The molecule has 0 fully saturated rings. The minimum Gasteiger partial charge on any atom is -0.355 e. The van der Waals surface area contributed by atoms with Crippen LogP contribution in [-0.4, -0.2) is 31.2 Å². The Hall–Kier alpha value is -2.24. The number of benzene rings is 2. The summed E-state index contributed by atoms with van der Waals surface area (Å²) in [5.41, 5.74) is 2.30. The fourth-order valence-electron chi connectivity index (χ4n) is 2.57. The molecule has 0 aliphatic carbocycles. The number of rotatable bonds is 3. The minimum absolute atomic E-state index is 0.0841. The van der Waals surface area contributed by atoms with Crippen molar-refractivity contribution in [1.82, 2.24) is 5.32 Å². The molecular formula is C19H17ClN2O2S. The van der Waals surface area contributed by atoms with Gasteiger partial charge in [-0.15, -0.1) is 11.8 Å². The fourth-order valence-corrected chi connectivity index (χ4v) is 3.71. The van der Waals surface area contributed by atoms with Gasteiger partial charge in [0.15, 0.2) is 0 Å². The van der Waals surface area contributed by atoms with Crippen LogP contribution in [0.2, 0.25) is 5.02 Å². The summed E-state index contributed by atoms with van der Waals surface area (Å²) in [7, 11) is 1.59. The number of amides is 2. The first kappa shape index (κ1) is 17.6. The fraction of sp³-hybridized carbons (Fsp3) is 0.158. The van der Waals surface area contributed by atoms with Crippen molar-refractivity contribution in [2.45, 2.75) is 4.90 Å². The summed E-state index contributed by atoms with van der Waals surface area (Å²) < 4.78 is 0. The minimum atomic E-state index is -0.133. The summed E-state index contributed by atoms with van der Waals surface area (Å²) in [5.74, 6) is 0.639. The van der Waals surface area contributed by atoms with Crippen molar-refractivity contribution >= 4 is 46.9 Å². The molecule has 6 heteroatoms. The number of carbonyl (C=O) groups is 2. The Morgan fingerprint density at radius 1 is 1.20 bits per heavy atom. The van der Waals surface area contributed by atoms with E-state index < -0.39 is 0 Å². The van der Waals surface area contributed by atoms with Gasteiger partial charge in [-0.05, 0) is 42.0 Å². The number of anilines is 1. The third kappa shape index (κ3) is 4.06. The molecule has 128 valence electrons. The lowest BCUT2D eigenvalue weighted by molar-refractivity contribution is -0.114. The summed E-state index contributed by atoms with van der Waals surface area (Å²) >= 11 is 7.80. The summed E-state index contributed by atoms with van der Waals surface area (Å²) in [5, 5.41) is 3.20. The molecule has 1 aliphatic rings. The van der Waals surface area contributed by atoms with E-state index in [0.29, 0.717) is 17.1 Å². The second kappa shape index (κ2) is 7.76. The molecule has 1 aliphatic heterocycles. The normalized spacial score (nSPS) is 13.6. The maximum Gasteiger partial charge on any atom is 0.251 e. The van der Waals surface area contributed by atoms with E-state index in [4.69, 9.17) is 11.6 Å². The number of nitrogens with zero attached hydrogens (tertiary/aromatic N) is 1. The van der Waals surface area contributed by atoms with Crippen LogP contribution in [-0.2, 0) is 4.79 Å². The highest BCUT2D eigenvalue weighted by molar-refractivity contribution is 7.99. The maximum atomic E-state index is 12.6. The smallest absolute Gasteiger partial charge is 0.251 e. The van der Waals surface area contributed by atoms with Gasteiger partial charge in [-0.1, -0.05) is 23.7 Å². The highest BCUT2D eigenvalue weighted by atomic mass is 35.5. The number of thioether (sulfide) groups is 1. The molecule has 0 atom stereocenters. The van der Waals surface area contributed by atoms with E-state index >= 15 is 0 Å². The van der Waals surface area contributed by atoms with Crippen LogP contribution in [0, 0.1) is 0 Å². The van der Waals surface area contributed by atoms with Gasteiger partial charge in [0.2, 0.25) is 0 Å². The van der Waals surface area contributed by atoms with Gasteiger partial charge in [-0.2, -0.15) is 0 Å².